The minimum atomic E-state index is -1.62. The van der Waals surface area contributed by atoms with Crippen molar-refractivity contribution >= 4 is 8.32 Å². The highest BCUT2D eigenvalue weighted by atomic mass is 28.4. The molecule has 0 aromatic heterocycles. The third kappa shape index (κ3) is 2.39. The maximum Gasteiger partial charge on any atom is 0.210 e. The molecule has 0 atom stereocenters. The quantitative estimate of drug-likeness (QED) is 0.708. The van der Waals surface area contributed by atoms with Crippen molar-refractivity contribution in [3.63, 3.8) is 0 Å². The molecular formula is C13H18OSi. The van der Waals surface area contributed by atoms with Crippen LogP contribution in [0.15, 0.2) is 36.5 Å². The maximum atomic E-state index is 6.15. The van der Waals surface area contributed by atoms with Gasteiger partial charge in [-0.3, -0.25) is 0 Å². The van der Waals surface area contributed by atoms with Crippen molar-refractivity contribution in [2.24, 2.45) is 0 Å². The van der Waals surface area contributed by atoms with Gasteiger partial charge >= 0.3 is 0 Å². The molecule has 0 unspecified atom stereocenters. The summed E-state index contributed by atoms with van der Waals surface area (Å²) in [4.78, 5) is 0. The van der Waals surface area contributed by atoms with Crippen LogP contribution in [0, 0.1) is 0 Å². The number of benzene rings is 1. The molecule has 0 saturated heterocycles. The highest BCUT2D eigenvalue weighted by molar-refractivity contribution is 6.76. The summed E-state index contributed by atoms with van der Waals surface area (Å²) in [5.74, 6) is 0. The molecule has 0 aliphatic heterocycles. The monoisotopic (exact) mass is 218 g/mol. The molecule has 15 heavy (non-hydrogen) atoms. The third-order valence-corrected chi connectivity index (χ3v) is 4.90. The van der Waals surface area contributed by atoms with E-state index >= 15 is 0 Å². The van der Waals surface area contributed by atoms with Gasteiger partial charge in [-0.05, 0) is 37.1 Å². The van der Waals surface area contributed by atoms with E-state index in [9.17, 15) is 0 Å². The third-order valence-electron chi connectivity index (χ3n) is 2.98. The van der Waals surface area contributed by atoms with Crippen LogP contribution in [0.5, 0.6) is 0 Å². The van der Waals surface area contributed by atoms with Gasteiger partial charge in [0, 0.05) is 0 Å². The molecule has 0 amide bonds. The second-order valence-corrected chi connectivity index (χ2v) is 8.58. The zero-order valence-electron chi connectivity index (χ0n) is 9.49. The van der Waals surface area contributed by atoms with E-state index in [1.807, 2.05) is 5.70 Å². The average Bonchev–Trinajstić information content (AvgIpc) is 2.58. The normalized spacial score (nSPS) is 16.4. The predicted octanol–water partition coefficient (Wildman–Crippen LogP) is 3.10. The van der Waals surface area contributed by atoms with Crippen molar-refractivity contribution in [1.82, 2.24) is 0 Å². The Hall–Kier alpha value is -0.863. The van der Waals surface area contributed by atoms with Crippen molar-refractivity contribution in [1.29, 1.82) is 0 Å². The summed E-state index contributed by atoms with van der Waals surface area (Å²) in [6.45, 7) is 8.26. The lowest BCUT2D eigenvalue weighted by molar-refractivity contribution is 0.209. The van der Waals surface area contributed by atoms with Crippen LogP contribution in [-0.4, -0.2) is 14.4 Å². The highest BCUT2D eigenvalue weighted by Crippen LogP contribution is 2.26. The van der Waals surface area contributed by atoms with E-state index in [0.29, 0.717) is 6.10 Å². The largest absolute Gasteiger partial charge is 0.410 e. The van der Waals surface area contributed by atoms with Gasteiger partial charge < -0.3 is 4.43 Å². The molecular weight excluding hydrogens is 200 g/mol. The van der Waals surface area contributed by atoms with Crippen molar-refractivity contribution in [2.75, 3.05) is 0 Å². The Balaban J connectivity index is 2.05. The molecule has 1 aliphatic carbocycles. The first-order valence-electron chi connectivity index (χ1n) is 5.49. The molecule has 0 bridgehead atoms. The lowest BCUT2D eigenvalue weighted by Crippen LogP contribution is -2.33. The first-order valence-corrected chi connectivity index (χ1v) is 8.47. The maximum absolute atomic E-state index is 6.15. The van der Waals surface area contributed by atoms with Crippen molar-refractivity contribution in [3.05, 3.63) is 47.7 Å². The molecule has 1 aliphatic rings. The molecule has 1 aromatic carbocycles. The fourth-order valence-electron chi connectivity index (χ4n) is 2.08. The topological polar surface area (TPSA) is 9.23 Å². The first-order chi connectivity index (χ1) is 7.11. The van der Waals surface area contributed by atoms with E-state index in [2.05, 4.69) is 43.9 Å². The molecule has 0 radical (unpaired) electrons. The summed E-state index contributed by atoms with van der Waals surface area (Å²) in [6, 6.07) is 8.64. The van der Waals surface area contributed by atoms with Crippen LogP contribution in [0.4, 0.5) is 0 Å². The van der Waals surface area contributed by atoms with E-state index in [1.54, 1.807) is 0 Å². The van der Waals surface area contributed by atoms with E-state index in [4.69, 9.17) is 4.43 Å². The van der Waals surface area contributed by atoms with Crippen LogP contribution in [0.3, 0.4) is 0 Å². The average molecular weight is 218 g/mol. The van der Waals surface area contributed by atoms with E-state index in [1.165, 1.54) is 11.1 Å². The van der Waals surface area contributed by atoms with Gasteiger partial charge in [0.15, 0.2) is 0 Å². The Bertz CT molecular complexity index is 346. The van der Waals surface area contributed by atoms with Crippen LogP contribution in [-0.2, 0) is 17.3 Å². The Morgan fingerprint density at radius 3 is 2.27 bits per heavy atom. The smallest absolute Gasteiger partial charge is 0.210 e. The van der Waals surface area contributed by atoms with Crippen LogP contribution >= 0.6 is 0 Å². The number of hydrogen-bond acceptors (Lipinski definition) is 1. The fraction of sp³-hybridized carbons (Fsp3) is 0.385. The second kappa shape index (κ2) is 3.95. The first kappa shape index (κ1) is 10.6. The molecule has 1 nitrogen and oxygen atoms in total. The number of hydrogen-bond donors (Lipinski definition) is 0. The zero-order chi connectivity index (χ0) is 10.9. The Morgan fingerprint density at radius 1 is 1.27 bits per heavy atom. The minimum Gasteiger partial charge on any atom is -0.410 e. The summed E-state index contributed by atoms with van der Waals surface area (Å²) in [6.07, 6.45) is 2.52. The molecule has 2 heteroatoms. The highest BCUT2D eigenvalue weighted by Gasteiger charge is 2.28. The molecule has 0 fully saturated rings. The zero-order valence-corrected chi connectivity index (χ0v) is 10.5. The minimum absolute atomic E-state index is 0.377. The number of fused-ring (bicyclic) bond motifs is 1. The summed E-state index contributed by atoms with van der Waals surface area (Å²) >= 11 is 0. The van der Waals surface area contributed by atoms with Crippen LogP contribution in [0.25, 0.3) is 0 Å². The van der Waals surface area contributed by atoms with Crippen LogP contribution in [0.2, 0.25) is 13.1 Å². The van der Waals surface area contributed by atoms with E-state index in [0.717, 1.165) is 12.8 Å². The molecule has 0 saturated carbocycles. The van der Waals surface area contributed by atoms with Gasteiger partial charge in [-0.2, -0.15) is 0 Å². The summed E-state index contributed by atoms with van der Waals surface area (Å²) < 4.78 is 6.15. The Morgan fingerprint density at radius 2 is 1.80 bits per heavy atom. The molecule has 2 rings (SSSR count). The Kier molecular flexibility index (Phi) is 2.80. The lowest BCUT2D eigenvalue weighted by atomic mass is 10.1. The van der Waals surface area contributed by atoms with Gasteiger partial charge in [0.25, 0.3) is 0 Å². The fourth-order valence-corrected chi connectivity index (χ4v) is 3.20. The molecule has 1 aromatic rings. The summed E-state index contributed by atoms with van der Waals surface area (Å²) in [7, 11) is -1.62. The second-order valence-electron chi connectivity index (χ2n) is 4.72. The standard InChI is InChI=1S/C13H18OSi/c1-4-15(2,3)14-13-9-11-7-5-6-8-12(11)10-13/h4-8,13H,1,9-10H2,2-3H3. The van der Waals surface area contributed by atoms with Crippen molar-refractivity contribution in [3.8, 4) is 0 Å². The summed E-state index contributed by atoms with van der Waals surface area (Å²) in [5, 5.41) is 0. The summed E-state index contributed by atoms with van der Waals surface area (Å²) in [5.41, 5.74) is 4.92. The molecule has 0 spiro atoms. The van der Waals surface area contributed by atoms with Gasteiger partial charge in [0.2, 0.25) is 8.32 Å². The Labute approximate surface area is 92.9 Å². The van der Waals surface area contributed by atoms with Crippen LogP contribution in [0.1, 0.15) is 11.1 Å². The SMILES string of the molecule is C=C[Si](C)(C)OC1Cc2ccccc2C1. The van der Waals surface area contributed by atoms with Gasteiger partial charge in [-0.25, -0.2) is 0 Å². The van der Waals surface area contributed by atoms with Gasteiger partial charge in [-0.15, -0.1) is 6.58 Å². The molecule has 0 heterocycles. The molecule has 0 N–H and O–H groups in total. The van der Waals surface area contributed by atoms with Gasteiger partial charge in [0.1, 0.15) is 0 Å². The number of rotatable bonds is 3. The lowest BCUT2D eigenvalue weighted by Gasteiger charge is -2.23. The van der Waals surface area contributed by atoms with Gasteiger partial charge in [0.05, 0.1) is 6.10 Å². The van der Waals surface area contributed by atoms with Crippen LogP contribution < -0.4 is 0 Å². The van der Waals surface area contributed by atoms with Crippen molar-refractivity contribution in [2.45, 2.75) is 32.0 Å². The molecule has 80 valence electrons. The van der Waals surface area contributed by atoms with Gasteiger partial charge in [-0.1, -0.05) is 30.0 Å². The predicted molar refractivity (Wildman–Crippen MR) is 66.4 cm³/mol. The van der Waals surface area contributed by atoms with E-state index < -0.39 is 8.32 Å². The van der Waals surface area contributed by atoms with Crippen molar-refractivity contribution < 1.29 is 4.43 Å². The van der Waals surface area contributed by atoms with E-state index in [-0.39, 0.29) is 0 Å².